The van der Waals surface area contributed by atoms with Gasteiger partial charge in [0.05, 0.1) is 50.5 Å². The van der Waals surface area contributed by atoms with Crippen LogP contribution in [-0.4, -0.2) is 39.2 Å². The molecule has 0 saturated carbocycles. The van der Waals surface area contributed by atoms with Crippen molar-refractivity contribution in [1.82, 2.24) is 0 Å². The average Bonchev–Trinajstić information content (AvgIpc) is 3.83. The van der Waals surface area contributed by atoms with E-state index in [0.717, 1.165) is 34.0 Å². The Morgan fingerprint density at radius 2 is 0.903 bits per heavy atom. The second-order valence-electron chi connectivity index (χ2n) is 18.1. The van der Waals surface area contributed by atoms with Crippen molar-refractivity contribution in [1.29, 1.82) is 0 Å². The summed E-state index contributed by atoms with van der Waals surface area (Å²) in [6.45, 7) is 11.0. The average molecular weight is 843 g/mol. The molecule has 0 saturated heterocycles. The molecule has 0 aromatic heterocycles. The van der Waals surface area contributed by atoms with E-state index >= 15 is 0 Å². The fourth-order valence-electron chi connectivity index (χ4n) is 10.4. The van der Waals surface area contributed by atoms with Gasteiger partial charge >= 0.3 is 0 Å². The Bertz CT molecular complexity index is 3100. The molecule has 2 aliphatic carbocycles. The van der Waals surface area contributed by atoms with Crippen LogP contribution in [0, 0.1) is 6.92 Å². The summed E-state index contributed by atoms with van der Waals surface area (Å²) in [5, 5.41) is 0. The molecule has 0 bridgehead atoms. The van der Waals surface area contributed by atoms with Crippen LogP contribution in [0.15, 0.2) is 131 Å². The van der Waals surface area contributed by atoms with E-state index in [1.807, 2.05) is 13.0 Å². The van der Waals surface area contributed by atoms with E-state index in [1.165, 1.54) is 70.8 Å². The van der Waals surface area contributed by atoms with Crippen molar-refractivity contribution in [3.05, 3.63) is 171 Å². The molecule has 2 heterocycles. The maximum absolute atomic E-state index is 13.8. The molecule has 4 amide bonds. The molecule has 1 atom stereocenters. The largest absolute Gasteiger partial charge is 0.497 e. The zero-order valence-corrected chi connectivity index (χ0v) is 35.8. The van der Waals surface area contributed by atoms with Gasteiger partial charge in [-0.3, -0.25) is 19.2 Å². The second-order valence-corrected chi connectivity index (χ2v) is 20.0. The zero-order valence-electron chi connectivity index (χ0n) is 35.0. The van der Waals surface area contributed by atoms with Crippen LogP contribution < -0.4 is 19.3 Å². The van der Waals surface area contributed by atoms with E-state index < -0.39 is 33.5 Å². The van der Waals surface area contributed by atoms with Crippen molar-refractivity contribution in [3.8, 4) is 17.2 Å². The highest BCUT2D eigenvalue weighted by Gasteiger charge is 2.56. The third kappa shape index (κ3) is 5.71. The lowest BCUT2D eigenvalue weighted by Gasteiger charge is -2.30. The highest BCUT2D eigenvalue weighted by atomic mass is 32.2. The number of anilines is 2. The zero-order chi connectivity index (χ0) is 43.7. The second kappa shape index (κ2) is 13.3. The van der Waals surface area contributed by atoms with Crippen LogP contribution in [0.4, 0.5) is 11.4 Å². The summed E-state index contributed by atoms with van der Waals surface area (Å²) in [4.78, 5) is 55.5. The predicted molar refractivity (Wildman–Crippen MR) is 234 cm³/mol. The van der Waals surface area contributed by atoms with Gasteiger partial charge in [-0.05, 0) is 156 Å². The van der Waals surface area contributed by atoms with Gasteiger partial charge in [0.1, 0.15) is 17.2 Å². The van der Waals surface area contributed by atoms with E-state index in [0.29, 0.717) is 22.6 Å². The normalized spacial score (nSPS) is 19.2. The van der Waals surface area contributed by atoms with Gasteiger partial charge in [0.2, 0.25) is 9.84 Å². The number of carbonyl (C=O) groups excluding carboxylic acids is 4. The molecule has 6 aromatic carbocycles. The number of benzene rings is 6. The Kier molecular flexibility index (Phi) is 8.44. The highest BCUT2D eigenvalue weighted by Crippen LogP contribution is 2.63. The molecule has 1 spiro atoms. The smallest absolute Gasteiger partial charge is 0.266 e. The first-order valence-electron chi connectivity index (χ1n) is 20.4. The van der Waals surface area contributed by atoms with Crippen molar-refractivity contribution in [2.45, 2.75) is 73.5 Å². The van der Waals surface area contributed by atoms with E-state index in [1.54, 1.807) is 43.5 Å². The lowest BCUT2D eigenvalue weighted by Crippen LogP contribution is -2.29. The molecule has 310 valence electrons. The molecule has 10 nitrogen and oxygen atoms in total. The Morgan fingerprint density at radius 3 is 1.42 bits per heavy atom. The van der Waals surface area contributed by atoms with Crippen LogP contribution in [0.2, 0.25) is 0 Å². The Balaban J connectivity index is 0.866. The molecular formula is C51H42N2O8S. The summed E-state index contributed by atoms with van der Waals surface area (Å²) in [7, 11) is -2.36. The first kappa shape index (κ1) is 39.3. The van der Waals surface area contributed by atoms with E-state index in [9.17, 15) is 27.6 Å². The van der Waals surface area contributed by atoms with Crippen LogP contribution >= 0.6 is 0 Å². The first-order valence-corrected chi connectivity index (χ1v) is 21.9. The molecule has 4 aliphatic rings. The van der Waals surface area contributed by atoms with Gasteiger partial charge in [-0.1, -0.05) is 51.5 Å². The minimum Gasteiger partial charge on any atom is -0.497 e. The first-order chi connectivity index (χ1) is 29.4. The van der Waals surface area contributed by atoms with Crippen LogP contribution in [0.3, 0.4) is 0 Å². The number of hydrogen-bond donors (Lipinski definition) is 0. The third-order valence-electron chi connectivity index (χ3n) is 13.1. The Hall–Kier alpha value is -6.85. The summed E-state index contributed by atoms with van der Waals surface area (Å²) in [5.41, 5.74) is 7.11. The summed E-state index contributed by atoms with van der Waals surface area (Å²) < 4.78 is 39.4. The van der Waals surface area contributed by atoms with Gasteiger partial charge in [-0.25, -0.2) is 18.2 Å². The Morgan fingerprint density at radius 1 is 0.484 bits per heavy atom. The van der Waals surface area contributed by atoms with Crippen molar-refractivity contribution < 1.29 is 37.1 Å². The van der Waals surface area contributed by atoms with Gasteiger partial charge in [-0.2, -0.15) is 0 Å². The summed E-state index contributed by atoms with van der Waals surface area (Å²) >= 11 is 0. The number of imide groups is 2. The number of rotatable bonds is 7. The van der Waals surface area contributed by atoms with E-state index in [4.69, 9.17) is 9.47 Å². The van der Waals surface area contributed by atoms with Crippen LogP contribution in [0.5, 0.6) is 17.2 Å². The minimum atomic E-state index is -4.06. The third-order valence-corrected chi connectivity index (χ3v) is 14.9. The van der Waals surface area contributed by atoms with Gasteiger partial charge in [0.15, 0.2) is 0 Å². The minimum absolute atomic E-state index is 0.0397. The quantitative estimate of drug-likeness (QED) is 0.145. The van der Waals surface area contributed by atoms with E-state index in [2.05, 4.69) is 58.0 Å². The van der Waals surface area contributed by atoms with Crippen molar-refractivity contribution >= 4 is 44.8 Å². The number of hydrogen-bond acceptors (Lipinski definition) is 8. The van der Waals surface area contributed by atoms with Gasteiger partial charge in [0.25, 0.3) is 23.6 Å². The van der Waals surface area contributed by atoms with Crippen LogP contribution in [0.1, 0.15) is 110 Å². The number of fused-ring (bicyclic) bond motifs is 6. The van der Waals surface area contributed by atoms with Gasteiger partial charge in [-0.15, -0.1) is 0 Å². The van der Waals surface area contributed by atoms with Crippen molar-refractivity contribution in [2.75, 3.05) is 16.9 Å². The van der Waals surface area contributed by atoms with Crippen molar-refractivity contribution in [3.63, 3.8) is 0 Å². The lowest BCUT2D eigenvalue weighted by molar-refractivity contribution is 0.0910. The fraction of sp³-hybridized carbons (Fsp3) is 0.216. The monoisotopic (exact) mass is 842 g/mol. The SMILES string of the molecule is COc1ccc2c(c1)C(C)(C)CC21CC(C)(C)c2cc(Oc3ccc4c(c3)C(=O)N(c3ccc(S(=O)(=O)c5ccc(N6C(=O)c7ccc(C)cc7C6=O)cc5)cc3)C4=O)ccc21. The number of amides is 4. The number of methoxy groups -OCH3 is 1. The molecule has 62 heavy (non-hydrogen) atoms. The van der Waals surface area contributed by atoms with Crippen molar-refractivity contribution in [2.24, 2.45) is 0 Å². The molecule has 1 unspecified atom stereocenters. The summed E-state index contributed by atoms with van der Waals surface area (Å²) in [5.74, 6) is -0.156. The van der Waals surface area contributed by atoms with Crippen LogP contribution in [-0.2, 0) is 26.1 Å². The molecule has 0 fully saturated rings. The number of carbonyl (C=O) groups is 4. The molecule has 11 heteroatoms. The highest BCUT2D eigenvalue weighted by molar-refractivity contribution is 7.91. The Labute approximate surface area is 359 Å². The number of nitrogens with zero attached hydrogens (tertiary/aromatic N) is 2. The molecule has 2 aliphatic heterocycles. The number of sulfone groups is 1. The maximum Gasteiger partial charge on any atom is 0.266 e. The number of aryl methyl sites for hydroxylation is 1. The molecule has 0 radical (unpaired) electrons. The predicted octanol–water partition coefficient (Wildman–Crippen LogP) is 9.88. The standard InChI is InChI=1S/C51H42N2O8S/c1-29-7-19-37-39(23-29)47(56)52(45(37)54)30-8-15-35(16-9-30)62(58,59)36-17-10-31(11-18-36)53-46(55)38-20-12-33(24-40(38)48(53)57)61-34-14-22-42-44(26-34)50(4,5)28-51(42)27-49(2,3)43-25-32(60-6)13-21-41(43)51/h7-26H,27-28H2,1-6H3. The van der Waals surface area contributed by atoms with Gasteiger partial charge in [0, 0.05) is 5.41 Å². The topological polar surface area (TPSA) is 127 Å². The molecule has 6 aromatic rings. The van der Waals surface area contributed by atoms with E-state index in [-0.39, 0.29) is 48.5 Å². The van der Waals surface area contributed by atoms with Gasteiger partial charge < -0.3 is 9.47 Å². The molecule has 10 rings (SSSR count). The maximum atomic E-state index is 13.8. The number of ether oxygens (including phenoxy) is 2. The molecular weight excluding hydrogens is 801 g/mol. The molecule has 0 N–H and O–H groups in total. The fourth-order valence-corrected chi connectivity index (χ4v) is 11.7. The summed E-state index contributed by atoms with van der Waals surface area (Å²) in [6, 6.07) is 33.6. The summed E-state index contributed by atoms with van der Waals surface area (Å²) in [6.07, 6.45) is 1.93. The lowest BCUT2D eigenvalue weighted by atomic mass is 9.72. The van der Waals surface area contributed by atoms with Crippen LogP contribution in [0.25, 0.3) is 0 Å².